The zero-order valence-corrected chi connectivity index (χ0v) is 14.7. The Kier molecular flexibility index (Phi) is 4.66. The van der Waals surface area contributed by atoms with Crippen LogP contribution in [0.4, 0.5) is 5.82 Å². The minimum Gasteiger partial charge on any atom is -0.489 e. The van der Waals surface area contributed by atoms with Gasteiger partial charge in [-0.25, -0.2) is 0 Å². The van der Waals surface area contributed by atoms with Gasteiger partial charge in [-0.05, 0) is 43.0 Å². The van der Waals surface area contributed by atoms with E-state index in [1.807, 2.05) is 55.6 Å². The minimum atomic E-state index is -0.134. The number of nitrogens with zero attached hydrogens (tertiary/aromatic N) is 2. The Balaban J connectivity index is 1.62. The third-order valence-electron chi connectivity index (χ3n) is 3.52. The second-order valence-corrected chi connectivity index (χ2v) is 6.58. The van der Waals surface area contributed by atoms with Crippen LogP contribution in [0.2, 0.25) is 0 Å². The molecule has 0 saturated carbocycles. The minimum absolute atomic E-state index is 0.134. The number of rotatable bonds is 5. The Bertz CT molecular complexity index is 867. The van der Waals surface area contributed by atoms with Crippen molar-refractivity contribution < 1.29 is 9.53 Å². The van der Waals surface area contributed by atoms with Gasteiger partial charge in [-0.2, -0.15) is 5.10 Å². The zero-order valence-electron chi connectivity index (χ0n) is 13.9. The number of carbonyl (C=O) groups excluding carboxylic acids is 1. The second-order valence-electron chi connectivity index (χ2n) is 5.67. The Morgan fingerprint density at radius 1 is 1.29 bits per heavy atom. The number of aromatic nitrogens is 2. The maximum atomic E-state index is 12.3. The standard InChI is InChI=1S/C18H19N3O2S/c1-12-5-4-6-15(7-12)23-10-14-9-16(24-11-14)18(22)19-17-8-13(2)20-21(17)3/h4-9,11H,10H2,1-3H3,(H,19,22). The molecule has 1 aromatic carbocycles. The summed E-state index contributed by atoms with van der Waals surface area (Å²) in [6, 6.07) is 11.6. The molecule has 0 spiro atoms. The van der Waals surface area contributed by atoms with Crippen molar-refractivity contribution in [1.82, 2.24) is 9.78 Å². The number of amides is 1. The lowest BCUT2D eigenvalue weighted by molar-refractivity contribution is 0.102. The van der Waals surface area contributed by atoms with Crippen LogP contribution in [0.1, 0.15) is 26.5 Å². The van der Waals surface area contributed by atoms with Gasteiger partial charge in [-0.1, -0.05) is 12.1 Å². The van der Waals surface area contributed by atoms with Crippen LogP contribution in [0.15, 0.2) is 41.8 Å². The molecule has 3 aromatic rings. The lowest BCUT2D eigenvalue weighted by atomic mass is 10.2. The molecule has 0 radical (unpaired) electrons. The highest BCUT2D eigenvalue weighted by atomic mass is 32.1. The number of carbonyl (C=O) groups is 1. The summed E-state index contributed by atoms with van der Waals surface area (Å²) in [6.45, 7) is 4.36. The molecule has 2 aromatic heterocycles. The highest BCUT2D eigenvalue weighted by molar-refractivity contribution is 7.12. The second kappa shape index (κ2) is 6.88. The van der Waals surface area contributed by atoms with Crippen LogP contribution in [0.25, 0.3) is 0 Å². The van der Waals surface area contributed by atoms with E-state index in [-0.39, 0.29) is 5.91 Å². The van der Waals surface area contributed by atoms with Gasteiger partial charge in [0.05, 0.1) is 10.6 Å². The molecule has 3 rings (SSSR count). The molecule has 1 N–H and O–H groups in total. The van der Waals surface area contributed by atoms with Gasteiger partial charge in [-0.3, -0.25) is 9.48 Å². The molecule has 1 amide bonds. The van der Waals surface area contributed by atoms with E-state index in [1.165, 1.54) is 11.3 Å². The number of hydrogen-bond acceptors (Lipinski definition) is 4. The lowest BCUT2D eigenvalue weighted by Gasteiger charge is -2.05. The van der Waals surface area contributed by atoms with Crippen LogP contribution in [0.5, 0.6) is 5.75 Å². The third-order valence-corrected chi connectivity index (χ3v) is 4.49. The van der Waals surface area contributed by atoms with Crippen LogP contribution in [-0.2, 0) is 13.7 Å². The van der Waals surface area contributed by atoms with Crippen molar-refractivity contribution in [3.8, 4) is 5.75 Å². The maximum Gasteiger partial charge on any atom is 0.266 e. The van der Waals surface area contributed by atoms with Gasteiger partial charge in [0.2, 0.25) is 0 Å². The molecule has 24 heavy (non-hydrogen) atoms. The Hall–Kier alpha value is -2.60. The molecular weight excluding hydrogens is 322 g/mol. The first-order valence-corrected chi connectivity index (χ1v) is 8.48. The maximum absolute atomic E-state index is 12.3. The average molecular weight is 341 g/mol. The van der Waals surface area contributed by atoms with Crippen molar-refractivity contribution in [1.29, 1.82) is 0 Å². The Labute approximate surface area is 144 Å². The molecule has 0 aliphatic rings. The average Bonchev–Trinajstić information content (AvgIpc) is 3.12. The predicted molar refractivity (Wildman–Crippen MR) is 95.7 cm³/mol. The van der Waals surface area contributed by atoms with Crippen LogP contribution in [0.3, 0.4) is 0 Å². The monoisotopic (exact) mass is 341 g/mol. The molecule has 0 bridgehead atoms. The fourth-order valence-electron chi connectivity index (χ4n) is 2.35. The van der Waals surface area contributed by atoms with Gasteiger partial charge in [0.1, 0.15) is 18.2 Å². The third kappa shape index (κ3) is 3.83. The number of anilines is 1. The number of ether oxygens (including phenoxy) is 1. The predicted octanol–water partition coefficient (Wildman–Crippen LogP) is 3.93. The first-order valence-electron chi connectivity index (χ1n) is 7.60. The van der Waals surface area contributed by atoms with Crippen LogP contribution in [0, 0.1) is 13.8 Å². The quantitative estimate of drug-likeness (QED) is 0.765. The molecule has 0 fully saturated rings. The zero-order chi connectivity index (χ0) is 17.1. The van der Waals surface area contributed by atoms with Crippen LogP contribution in [-0.4, -0.2) is 15.7 Å². The highest BCUT2D eigenvalue weighted by Gasteiger charge is 2.12. The summed E-state index contributed by atoms with van der Waals surface area (Å²) in [5.74, 6) is 1.38. The van der Waals surface area contributed by atoms with Crippen molar-refractivity contribution in [2.24, 2.45) is 7.05 Å². The van der Waals surface area contributed by atoms with E-state index in [4.69, 9.17) is 4.74 Å². The summed E-state index contributed by atoms with van der Waals surface area (Å²) >= 11 is 1.41. The normalized spacial score (nSPS) is 10.6. The van der Waals surface area contributed by atoms with E-state index in [9.17, 15) is 4.79 Å². The fourth-order valence-corrected chi connectivity index (χ4v) is 3.14. The molecule has 0 aliphatic heterocycles. The summed E-state index contributed by atoms with van der Waals surface area (Å²) in [4.78, 5) is 13.0. The van der Waals surface area contributed by atoms with Gasteiger partial charge in [0, 0.05) is 18.7 Å². The first-order chi connectivity index (χ1) is 11.5. The summed E-state index contributed by atoms with van der Waals surface area (Å²) < 4.78 is 7.42. The van der Waals surface area contributed by atoms with Gasteiger partial charge in [0.15, 0.2) is 0 Å². The van der Waals surface area contributed by atoms with E-state index in [0.717, 1.165) is 22.6 Å². The van der Waals surface area contributed by atoms with Crippen LogP contribution < -0.4 is 10.1 Å². The van der Waals surface area contributed by atoms with Crippen molar-refractivity contribution in [2.45, 2.75) is 20.5 Å². The number of benzene rings is 1. The lowest BCUT2D eigenvalue weighted by Crippen LogP contribution is -2.13. The van der Waals surface area contributed by atoms with Gasteiger partial charge in [-0.15, -0.1) is 11.3 Å². The SMILES string of the molecule is Cc1cccc(OCc2csc(C(=O)Nc3cc(C)nn3C)c2)c1. The van der Waals surface area contributed by atoms with Crippen molar-refractivity contribution in [3.63, 3.8) is 0 Å². The summed E-state index contributed by atoms with van der Waals surface area (Å²) in [7, 11) is 1.80. The molecule has 6 heteroatoms. The fraction of sp³-hybridized carbons (Fsp3) is 0.222. The summed E-state index contributed by atoms with van der Waals surface area (Å²) in [5.41, 5.74) is 3.00. The van der Waals surface area contributed by atoms with Gasteiger partial charge >= 0.3 is 0 Å². The van der Waals surface area contributed by atoms with Crippen LogP contribution >= 0.6 is 11.3 Å². The molecule has 2 heterocycles. The first kappa shape index (κ1) is 16.3. The molecule has 0 saturated heterocycles. The molecule has 0 aliphatic carbocycles. The highest BCUT2D eigenvalue weighted by Crippen LogP contribution is 2.20. The van der Waals surface area contributed by atoms with Crippen molar-refractivity contribution in [2.75, 3.05) is 5.32 Å². The van der Waals surface area contributed by atoms with E-state index >= 15 is 0 Å². The van der Waals surface area contributed by atoms with E-state index in [0.29, 0.717) is 17.3 Å². The number of nitrogens with one attached hydrogen (secondary N) is 1. The van der Waals surface area contributed by atoms with Gasteiger partial charge in [0.25, 0.3) is 5.91 Å². The number of hydrogen-bond donors (Lipinski definition) is 1. The van der Waals surface area contributed by atoms with Crippen molar-refractivity contribution >= 4 is 23.1 Å². The molecule has 124 valence electrons. The molecule has 0 atom stereocenters. The van der Waals surface area contributed by atoms with E-state index in [1.54, 1.807) is 11.7 Å². The molecule has 5 nitrogen and oxygen atoms in total. The summed E-state index contributed by atoms with van der Waals surface area (Å²) in [5, 5.41) is 9.04. The summed E-state index contributed by atoms with van der Waals surface area (Å²) in [6.07, 6.45) is 0. The Morgan fingerprint density at radius 2 is 2.12 bits per heavy atom. The number of aryl methyl sites for hydroxylation is 3. The Morgan fingerprint density at radius 3 is 2.83 bits per heavy atom. The van der Waals surface area contributed by atoms with Crippen molar-refractivity contribution in [3.05, 3.63) is 63.5 Å². The van der Waals surface area contributed by atoms with E-state index in [2.05, 4.69) is 10.4 Å². The smallest absolute Gasteiger partial charge is 0.266 e. The number of thiophene rings is 1. The van der Waals surface area contributed by atoms with E-state index < -0.39 is 0 Å². The molecular formula is C18H19N3O2S. The van der Waals surface area contributed by atoms with Gasteiger partial charge < -0.3 is 10.1 Å². The largest absolute Gasteiger partial charge is 0.489 e. The molecule has 0 unspecified atom stereocenters. The topological polar surface area (TPSA) is 56.1 Å².